The van der Waals surface area contributed by atoms with Gasteiger partial charge in [-0.25, -0.2) is 14.5 Å². The summed E-state index contributed by atoms with van der Waals surface area (Å²) in [5.41, 5.74) is 1.78. The van der Waals surface area contributed by atoms with Gasteiger partial charge in [0.1, 0.15) is 31.7 Å². The molecule has 0 aliphatic carbocycles. The van der Waals surface area contributed by atoms with E-state index in [1.165, 1.54) is 22.0 Å². The number of ether oxygens (including phenoxy) is 1. The van der Waals surface area contributed by atoms with Crippen LogP contribution in [0, 0.1) is 0 Å². The van der Waals surface area contributed by atoms with Crippen molar-refractivity contribution in [2.24, 2.45) is 0 Å². The van der Waals surface area contributed by atoms with Gasteiger partial charge in [0.2, 0.25) is 5.89 Å². The van der Waals surface area contributed by atoms with Crippen LogP contribution in [0.15, 0.2) is 76.5 Å². The molecular weight excluding hydrogens is 334 g/mol. The highest BCUT2D eigenvalue weighted by Crippen LogP contribution is 2.20. The van der Waals surface area contributed by atoms with E-state index in [9.17, 15) is 4.79 Å². The van der Waals surface area contributed by atoms with Crippen LogP contribution >= 0.6 is 0 Å². The summed E-state index contributed by atoms with van der Waals surface area (Å²) in [6.45, 7) is 0.627. The third-order valence-corrected chi connectivity index (χ3v) is 3.70. The lowest BCUT2D eigenvalue weighted by Gasteiger charge is -2.06. The fourth-order valence-electron chi connectivity index (χ4n) is 2.39. The van der Waals surface area contributed by atoms with Crippen LogP contribution in [0.3, 0.4) is 0 Å². The molecule has 0 N–H and O–H groups in total. The molecule has 0 amide bonds. The molecule has 2 heterocycles. The second-order valence-corrected chi connectivity index (χ2v) is 5.55. The Kier molecular flexibility index (Phi) is 4.29. The molecule has 2 aromatic heterocycles. The quantitative estimate of drug-likeness (QED) is 0.530. The van der Waals surface area contributed by atoms with Crippen LogP contribution < -0.4 is 10.5 Å². The average molecular weight is 349 g/mol. The molecule has 0 saturated carbocycles. The summed E-state index contributed by atoms with van der Waals surface area (Å²) >= 11 is 0. The van der Waals surface area contributed by atoms with E-state index < -0.39 is 5.76 Å². The minimum Gasteiger partial charge on any atom is -0.489 e. The Hall–Kier alpha value is -3.68. The zero-order chi connectivity index (χ0) is 17.8. The third kappa shape index (κ3) is 3.54. The van der Waals surface area contributed by atoms with Crippen molar-refractivity contribution in [1.29, 1.82) is 0 Å². The molecule has 4 rings (SSSR count). The van der Waals surface area contributed by atoms with Crippen LogP contribution in [0.4, 0.5) is 0 Å². The lowest BCUT2D eigenvalue weighted by atomic mass is 10.2. The monoisotopic (exact) mass is 349 g/mol. The lowest BCUT2D eigenvalue weighted by Crippen LogP contribution is -2.20. The van der Waals surface area contributed by atoms with E-state index in [0.29, 0.717) is 12.2 Å². The van der Waals surface area contributed by atoms with Gasteiger partial charge in [-0.3, -0.25) is 0 Å². The second-order valence-electron chi connectivity index (χ2n) is 5.55. The first-order valence-electron chi connectivity index (χ1n) is 7.95. The molecule has 0 radical (unpaired) electrons. The Morgan fingerprint density at radius 2 is 1.85 bits per heavy atom. The maximum absolute atomic E-state index is 11.9. The summed E-state index contributed by atoms with van der Waals surface area (Å²) in [5, 5.41) is 8.13. The van der Waals surface area contributed by atoms with Gasteiger partial charge in [-0.1, -0.05) is 30.3 Å². The summed E-state index contributed by atoms with van der Waals surface area (Å²) in [5.74, 6) is 0.409. The van der Waals surface area contributed by atoms with Gasteiger partial charge in [0, 0.05) is 5.56 Å². The van der Waals surface area contributed by atoms with E-state index in [2.05, 4.69) is 15.2 Å². The predicted octanol–water partition coefficient (Wildman–Crippen LogP) is 2.18. The predicted molar refractivity (Wildman–Crippen MR) is 92.4 cm³/mol. The van der Waals surface area contributed by atoms with Crippen LogP contribution in [0.1, 0.15) is 5.56 Å². The zero-order valence-electron chi connectivity index (χ0n) is 13.7. The zero-order valence-corrected chi connectivity index (χ0v) is 13.7. The second kappa shape index (κ2) is 7.06. The minimum atomic E-state index is -0.556. The molecule has 26 heavy (non-hydrogen) atoms. The number of aromatic nitrogens is 5. The van der Waals surface area contributed by atoms with E-state index >= 15 is 0 Å². The molecule has 2 aromatic carbocycles. The van der Waals surface area contributed by atoms with Crippen LogP contribution in [-0.4, -0.2) is 24.5 Å². The van der Waals surface area contributed by atoms with Crippen LogP contribution in [0.25, 0.3) is 11.5 Å². The van der Waals surface area contributed by atoms with Crippen LogP contribution in [0.5, 0.6) is 5.75 Å². The van der Waals surface area contributed by atoms with Crippen LogP contribution in [0.2, 0.25) is 0 Å². The number of rotatable bonds is 6. The molecular formula is C18H15N5O3. The Labute approximate surface area is 148 Å². The molecule has 0 atom stereocenters. The van der Waals surface area contributed by atoms with Crippen molar-refractivity contribution < 1.29 is 9.15 Å². The smallest absolute Gasteiger partial charge is 0.439 e. The highest BCUT2D eigenvalue weighted by Gasteiger charge is 2.11. The molecule has 4 aromatic rings. The minimum absolute atomic E-state index is 0.139. The van der Waals surface area contributed by atoms with Gasteiger partial charge in [-0.15, -0.1) is 5.10 Å². The number of hydrogen-bond acceptors (Lipinski definition) is 6. The van der Waals surface area contributed by atoms with E-state index in [1.807, 2.05) is 42.5 Å². The molecule has 0 aliphatic rings. The number of benzene rings is 2. The first-order chi connectivity index (χ1) is 12.8. The van der Waals surface area contributed by atoms with Crippen molar-refractivity contribution in [3.05, 3.63) is 83.4 Å². The average Bonchev–Trinajstić information content (AvgIpc) is 3.32. The summed E-state index contributed by atoms with van der Waals surface area (Å²) < 4.78 is 13.6. The normalized spacial score (nSPS) is 10.8. The highest BCUT2D eigenvalue weighted by molar-refractivity contribution is 5.53. The summed E-state index contributed by atoms with van der Waals surface area (Å²) in [6.07, 6.45) is 2.89. The summed E-state index contributed by atoms with van der Waals surface area (Å²) in [6, 6.07) is 17.1. The molecule has 0 fully saturated rings. The molecule has 0 saturated heterocycles. The number of hydrogen-bond donors (Lipinski definition) is 0. The first kappa shape index (κ1) is 15.8. The maximum Gasteiger partial charge on any atom is 0.439 e. The standard InChI is InChI=1S/C18H15N5O3/c24-18-23(13-22-12-19-11-20-22)21-17(26-18)15-6-8-16(9-7-15)25-10-14-4-2-1-3-5-14/h1-9,11-12H,10,13H2. The van der Waals surface area contributed by atoms with Gasteiger partial charge >= 0.3 is 5.76 Å². The molecule has 0 spiro atoms. The first-order valence-corrected chi connectivity index (χ1v) is 7.95. The van der Waals surface area contributed by atoms with Gasteiger partial charge in [0.05, 0.1) is 0 Å². The van der Waals surface area contributed by atoms with Crippen molar-refractivity contribution in [1.82, 2.24) is 24.5 Å². The van der Waals surface area contributed by atoms with Gasteiger partial charge in [-0.05, 0) is 29.8 Å². The van der Waals surface area contributed by atoms with E-state index in [4.69, 9.17) is 9.15 Å². The highest BCUT2D eigenvalue weighted by atomic mass is 16.5. The Morgan fingerprint density at radius 3 is 2.58 bits per heavy atom. The maximum atomic E-state index is 11.9. The molecule has 130 valence electrons. The lowest BCUT2D eigenvalue weighted by molar-refractivity contribution is 0.306. The van der Waals surface area contributed by atoms with Gasteiger partial charge in [0.25, 0.3) is 0 Å². The van der Waals surface area contributed by atoms with Crippen molar-refractivity contribution in [2.45, 2.75) is 13.3 Å². The van der Waals surface area contributed by atoms with Gasteiger partial charge < -0.3 is 9.15 Å². The summed E-state index contributed by atoms with van der Waals surface area (Å²) in [7, 11) is 0. The largest absolute Gasteiger partial charge is 0.489 e. The van der Waals surface area contributed by atoms with Crippen molar-refractivity contribution in [3.63, 3.8) is 0 Å². The Morgan fingerprint density at radius 1 is 1.04 bits per heavy atom. The third-order valence-electron chi connectivity index (χ3n) is 3.70. The molecule has 8 nitrogen and oxygen atoms in total. The SMILES string of the molecule is O=c1oc(-c2ccc(OCc3ccccc3)cc2)nn1Cn1cncn1. The van der Waals surface area contributed by atoms with Crippen LogP contribution in [-0.2, 0) is 13.3 Å². The van der Waals surface area contributed by atoms with Gasteiger partial charge in [0.15, 0.2) is 0 Å². The van der Waals surface area contributed by atoms with E-state index in [-0.39, 0.29) is 12.6 Å². The number of nitrogens with zero attached hydrogens (tertiary/aromatic N) is 5. The van der Waals surface area contributed by atoms with Crippen molar-refractivity contribution in [2.75, 3.05) is 0 Å². The Bertz CT molecular complexity index is 1020. The van der Waals surface area contributed by atoms with Gasteiger partial charge in [-0.2, -0.15) is 9.78 Å². The molecule has 0 bridgehead atoms. The van der Waals surface area contributed by atoms with Crippen molar-refractivity contribution >= 4 is 0 Å². The van der Waals surface area contributed by atoms with E-state index in [1.54, 1.807) is 12.1 Å². The molecule has 0 aliphatic heterocycles. The fraction of sp³-hybridized carbons (Fsp3) is 0.111. The van der Waals surface area contributed by atoms with Crippen molar-refractivity contribution in [3.8, 4) is 17.2 Å². The molecule has 0 unspecified atom stereocenters. The Balaban J connectivity index is 1.46. The molecule has 8 heteroatoms. The fourth-order valence-corrected chi connectivity index (χ4v) is 2.39. The topological polar surface area (TPSA) is 88.0 Å². The van der Waals surface area contributed by atoms with E-state index in [0.717, 1.165) is 11.3 Å². The summed E-state index contributed by atoms with van der Waals surface area (Å²) in [4.78, 5) is 15.7.